The van der Waals surface area contributed by atoms with Crippen molar-refractivity contribution in [2.75, 3.05) is 0 Å². The van der Waals surface area contributed by atoms with Crippen LogP contribution in [0.2, 0.25) is 0 Å². The number of aliphatic carboxylic acids is 1. The molecule has 0 heterocycles. The van der Waals surface area contributed by atoms with E-state index in [1.54, 1.807) is 0 Å². The van der Waals surface area contributed by atoms with Gasteiger partial charge in [-0.25, -0.2) is 0 Å². The Hall–Kier alpha value is -0.610. The smallest absolute Gasteiger partial charge is 0.312 e. The van der Waals surface area contributed by atoms with E-state index in [1.165, 1.54) is 6.92 Å². The number of aliphatic hydroxyl groups excluding tert-OH is 2. The Bertz CT molecular complexity index is 206. The maximum absolute atomic E-state index is 11.2. The van der Waals surface area contributed by atoms with Crippen molar-refractivity contribution in [3.8, 4) is 0 Å². The summed E-state index contributed by atoms with van der Waals surface area (Å²) in [5.74, 6) is -0.981. The first-order valence-electron chi connectivity index (χ1n) is 5.10. The number of carboxylic acid groups (broad SMARTS) is 1. The predicted molar refractivity (Wildman–Crippen MR) is 50.8 cm³/mol. The molecule has 0 bridgehead atoms. The van der Waals surface area contributed by atoms with Crippen LogP contribution in [0.15, 0.2) is 0 Å². The quantitative estimate of drug-likeness (QED) is 0.631. The van der Waals surface area contributed by atoms with Gasteiger partial charge in [-0.05, 0) is 19.8 Å². The molecule has 2 atom stereocenters. The van der Waals surface area contributed by atoms with Crippen molar-refractivity contribution in [3.63, 3.8) is 0 Å². The molecule has 0 amide bonds. The molecular formula is C10H18O4. The lowest BCUT2D eigenvalue weighted by atomic mass is 9.69. The standard InChI is InChI=1S/C10H18O4/c1-7(11)8(12)10(9(13)14)5-3-2-4-6-10/h7-8,11-12H,2-6H2,1H3,(H,13,14)/t7-,8?/m1/s1. The maximum Gasteiger partial charge on any atom is 0.312 e. The van der Waals surface area contributed by atoms with Crippen LogP contribution in [0, 0.1) is 5.41 Å². The van der Waals surface area contributed by atoms with Gasteiger partial charge < -0.3 is 15.3 Å². The van der Waals surface area contributed by atoms with Crippen LogP contribution in [0.3, 0.4) is 0 Å². The van der Waals surface area contributed by atoms with Crippen molar-refractivity contribution in [1.82, 2.24) is 0 Å². The molecule has 1 unspecified atom stereocenters. The van der Waals surface area contributed by atoms with E-state index >= 15 is 0 Å². The van der Waals surface area contributed by atoms with Gasteiger partial charge in [0.25, 0.3) is 0 Å². The van der Waals surface area contributed by atoms with Gasteiger partial charge in [-0.15, -0.1) is 0 Å². The first-order valence-corrected chi connectivity index (χ1v) is 5.10. The van der Waals surface area contributed by atoms with Crippen LogP contribution in [0.4, 0.5) is 0 Å². The lowest BCUT2D eigenvalue weighted by molar-refractivity contribution is -0.166. The van der Waals surface area contributed by atoms with E-state index in [0.717, 1.165) is 19.3 Å². The highest BCUT2D eigenvalue weighted by Gasteiger charge is 2.47. The molecule has 0 saturated heterocycles. The largest absolute Gasteiger partial charge is 0.481 e. The Labute approximate surface area is 83.6 Å². The first-order chi connectivity index (χ1) is 6.50. The van der Waals surface area contributed by atoms with Crippen molar-refractivity contribution < 1.29 is 20.1 Å². The van der Waals surface area contributed by atoms with Crippen LogP contribution in [-0.2, 0) is 4.79 Å². The van der Waals surface area contributed by atoms with Crippen LogP contribution in [-0.4, -0.2) is 33.5 Å². The summed E-state index contributed by atoms with van der Waals surface area (Å²) in [6.07, 6.45) is 1.45. The van der Waals surface area contributed by atoms with Crippen molar-refractivity contribution in [2.24, 2.45) is 5.41 Å². The first kappa shape index (κ1) is 11.5. The molecule has 0 aromatic heterocycles. The van der Waals surface area contributed by atoms with E-state index in [-0.39, 0.29) is 0 Å². The zero-order chi connectivity index (χ0) is 10.8. The van der Waals surface area contributed by atoms with Gasteiger partial charge in [-0.3, -0.25) is 4.79 Å². The molecule has 0 aliphatic heterocycles. The number of carboxylic acids is 1. The highest BCUT2D eigenvalue weighted by Crippen LogP contribution is 2.40. The minimum atomic E-state index is -1.15. The average molecular weight is 202 g/mol. The molecule has 3 N–H and O–H groups in total. The van der Waals surface area contributed by atoms with Crippen LogP contribution in [0.5, 0.6) is 0 Å². The molecule has 1 fully saturated rings. The second kappa shape index (κ2) is 4.28. The molecule has 4 heteroatoms. The Morgan fingerprint density at radius 3 is 2.07 bits per heavy atom. The Balaban J connectivity index is 2.85. The highest BCUT2D eigenvalue weighted by atomic mass is 16.4. The average Bonchev–Trinajstić information content (AvgIpc) is 2.17. The zero-order valence-electron chi connectivity index (χ0n) is 8.44. The van der Waals surface area contributed by atoms with Crippen molar-refractivity contribution >= 4 is 5.97 Å². The molecule has 82 valence electrons. The number of aliphatic hydroxyl groups is 2. The minimum absolute atomic E-state index is 0.467. The summed E-state index contributed by atoms with van der Waals surface area (Å²) in [4.78, 5) is 11.2. The Morgan fingerprint density at radius 2 is 1.71 bits per heavy atom. The topological polar surface area (TPSA) is 77.8 Å². The van der Waals surface area contributed by atoms with Crippen LogP contribution >= 0.6 is 0 Å². The second-order valence-electron chi connectivity index (χ2n) is 4.21. The molecular weight excluding hydrogens is 184 g/mol. The third-order valence-electron chi connectivity index (χ3n) is 3.19. The normalized spacial score (nSPS) is 25.4. The third-order valence-corrected chi connectivity index (χ3v) is 3.19. The molecule has 4 nitrogen and oxygen atoms in total. The van der Waals surface area contributed by atoms with E-state index < -0.39 is 23.6 Å². The molecule has 0 aromatic carbocycles. The van der Waals surface area contributed by atoms with E-state index in [9.17, 15) is 15.0 Å². The van der Waals surface area contributed by atoms with Gasteiger partial charge in [0.1, 0.15) is 0 Å². The van der Waals surface area contributed by atoms with Gasteiger partial charge in [-0.2, -0.15) is 0 Å². The molecule has 0 spiro atoms. The summed E-state index contributed by atoms with van der Waals surface area (Å²) in [5, 5.41) is 28.2. The monoisotopic (exact) mass is 202 g/mol. The van der Waals surface area contributed by atoms with Crippen molar-refractivity contribution in [2.45, 2.75) is 51.2 Å². The number of carbonyl (C=O) groups is 1. The van der Waals surface area contributed by atoms with Gasteiger partial charge in [-0.1, -0.05) is 19.3 Å². The molecule has 14 heavy (non-hydrogen) atoms. The minimum Gasteiger partial charge on any atom is -0.481 e. The third kappa shape index (κ3) is 1.91. The van der Waals surface area contributed by atoms with Crippen molar-refractivity contribution in [3.05, 3.63) is 0 Å². The van der Waals surface area contributed by atoms with E-state index in [2.05, 4.69) is 0 Å². The fourth-order valence-electron chi connectivity index (χ4n) is 2.28. The molecule has 1 rings (SSSR count). The summed E-state index contributed by atoms with van der Waals surface area (Å²) in [6, 6.07) is 0. The van der Waals surface area contributed by atoms with E-state index in [1.807, 2.05) is 0 Å². The lowest BCUT2D eigenvalue weighted by Crippen LogP contribution is -2.48. The Morgan fingerprint density at radius 1 is 1.21 bits per heavy atom. The van der Waals surface area contributed by atoms with Gasteiger partial charge in [0.05, 0.1) is 17.6 Å². The second-order valence-corrected chi connectivity index (χ2v) is 4.21. The fourth-order valence-corrected chi connectivity index (χ4v) is 2.28. The van der Waals surface area contributed by atoms with Crippen LogP contribution < -0.4 is 0 Å². The van der Waals surface area contributed by atoms with E-state index in [0.29, 0.717) is 12.8 Å². The summed E-state index contributed by atoms with van der Waals surface area (Å²) in [6.45, 7) is 1.43. The fraction of sp³-hybridized carbons (Fsp3) is 0.900. The molecule has 0 aromatic rings. The van der Waals surface area contributed by atoms with E-state index in [4.69, 9.17) is 5.11 Å². The van der Waals surface area contributed by atoms with Gasteiger partial charge in [0.15, 0.2) is 0 Å². The highest BCUT2D eigenvalue weighted by molar-refractivity contribution is 5.75. The van der Waals surface area contributed by atoms with Gasteiger partial charge in [0.2, 0.25) is 0 Å². The number of rotatable bonds is 3. The molecule has 1 saturated carbocycles. The number of hydrogen-bond donors (Lipinski definition) is 3. The number of hydrogen-bond acceptors (Lipinski definition) is 3. The molecule has 1 aliphatic rings. The summed E-state index contributed by atoms with van der Waals surface area (Å²) in [5.41, 5.74) is -1.12. The molecule has 0 radical (unpaired) electrons. The van der Waals surface area contributed by atoms with Crippen LogP contribution in [0.1, 0.15) is 39.0 Å². The van der Waals surface area contributed by atoms with Crippen molar-refractivity contribution in [1.29, 1.82) is 0 Å². The predicted octanol–water partition coefficient (Wildman–Crippen LogP) is 0.763. The summed E-state index contributed by atoms with van der Waals surface area (Å²) in [7, 11) is 0. The van der Waals surface area contributed by atoms with Gasteiger partial charge >= 0.3 is 5.97 Å². The molecule has 1 aliphatic carbocycles. The summed E-state index contributed by atoms with van der Waals surface area (Å²) < 4.78 is 0. The maximum atomic E-state index is 11.2. The Kier molecular flexibility index (Phi) is 3.50. The zero-order valence-corrected chi connectivity index (χ0v) is 8.44. The van der Waals surface area contributed by atoms with Crippen LogP contribution in [0.25, 0.3) is 0 Å². The lowest BCUT2D eigenvalue weighted by Gasteiger charge is -2.38. The van der Waals surface area contributed by atoms with Gasteiger partial charge in [0, 0.05) is 0 Å². The SMILES string of the molecule is C[C@@H](O)C(O)C1(C(=O)O)CCCCC1. The summed E-state index contributed by atoms with van der Waals surface area (Å²) >= 11 is 0.